The van der Waals surface area contributed by atoms with E-state index in [-0.39, 0.29) is 18.6 Å². The number of aromatic nitrogens is 1. The zero-order chi connectivity index (χ0) is 18.2. The van der Waals surface area contributed by atoms with Crippen LogP contribution in [0.5, 0.6) is 16.7 Å². The van der Waals surface area contributed by atoms with Gasteiger partial charge >= 0.3 is 0 Å². The Kier molecular flexibility index (Phi) is 6.81. The van der Waals surface area contributed by atoms with E-state index in [1.807, 2.05) is 38.1 Å². The van der Waals surface area contributed by atoms with Crippen LogP contribution in [0.1, 0.15) is 25.6 Å². The third-order valence-corrected chi connectivity index (χ3v) is 3.61. The Balaban J connectivity index is 1.98. The second kappa shape index (κ2) is 9.06. The molecule has 0 radical (unpaired) electrons. The van der Waals surface area contributed by atoms with Gasteiger partial charge in [0.15, 0.2) is 0 Å². The number of carbonyl (C=O) groups is 1. The van der Waals surface area contributed by atoms with Crippen molar-refractivity contribution in [2.24, 2.45) is 0 Å². The van der Waals surface area contributed by atoms with Crippen molar-refractivity contribution in [2.75, 3.05) is 6.61 Å². The van der Waals surface area contributed by atoms with Gasteiger partial charge in [0.2, 0.25) is 5.91 Å². The predicted molar refractivity (Wildman–Crippen MR) is 96.0 cm³/mol. The first-order chi connectivity index (χ1) is 12.0. The number of hydrogen-bond acceptors (Lipinski definition) is 6. The molecule has 0 fully saturated rings. The van der Waals surface area contributed by atoms with Crippen LogP contribution in [0, 0.1) is 11.8 Å². The highest BCUT2D eigenvalue weighted by molar-refractivity contribution is 7.13. The van der Waals surface area contributed by atoms with Crippen molar-refractivity contribution in [3.05, 3.63) is 35.3 Å². The number of rotatable bonds is 6. The molecule has 0 saturated carbocycles. The van der Waals surface area contributed by atoms with Gasteiger partial charge in [-0.1, -0.05) is 23.2 Å². The molecule has 1 heterocycles. The summed E-state index contributed by atoms with van der Waals surface area (Å²) < 4.78 is 11.3. The molecule has 1 aromatic heterocycles. The summed E-state index contributed by atoms with van der Waals surface area (Å²) in [4.78, 5) is 15.8. The molecular weight excluding hydrogens is 340 g/mol. The average Bonchev–Trinajstić information content (AvgIpc) is 3.00. The summed E-state index contributed by atoms with van der Waals surface area (Å²) in [5.74, 6) is 6.84. The number of carbonyl (C=O) groups excluding carboxylic acids is 1. The number of amides is 1. The van der Waals surface area contributed by atoms with Crippen molar-refractivity contribution < 1.29 is 19.4 Å². The number of hydrogen-bond donors (Lipinski definition) is 2. The third kappa shape index (κ3) is 6.45. The molecule has 1 unspecified atom stereocenters. The highest BCUT2D eigenvalue weighted by atomic mass is 32.1. The normalized spacial score (nSPS) is 11.4. The SMILES string of the molecule is CC(=O)NC(C#Cc1cnc(Oc2ccc(OC(C)C)cc2)s1)CO. The smallest absolute Gasteiger partial charge is 0.279 e. The van der Waals surface area contributed by atoms with Gasteiger partial charge in [-0.2, -0.15) is 0 Å². The number of aliphatic hydroxyl groups excluding tert-OH is 1. The largest absolute Gasteiger partial charge is 0.491 e. The standard InChI is InChI=1S/C18H20N2O4S/c1-12(2)23-15-5-7-16(8-6-15)24-18-19-10-17(25-18)9-4-14(11-21)20-13(3)22/h5-8,10,12,14,21H,11H2,1-3H3,(H,20,22). The summed E-state index contributed by atoms with van der Waals surface area (Å²) in [6.45, 7) is 5.06. The van der Waals surface area contributed by atoms with Crippen molar-refractivity contribution >= 4 is 17.2 Å². The lowest BCUT2D eigenvalue weighted by atomic mass is 10.3. The molecule has 0 aliphatic rings. The van der Waals surface area contributed by atoms with Gasteiger partial charge in [-0.15, -0.1) is 0 Å². The minimum absolute atomic E-state index is 0.118. The maximum atomic E-state index is 11.0. The Morgan fingerprint density at radius 3 is 2.60 bits per heavy atom. The van der Waals surface area contributed by atoms with E-state index in [1.54, 1.807) is 6.20 Å². The fourth-order valence-corrected chi connectivity index (χ4v) is 2.50. The van der Waals surface area contributed by atoms with E-state index in [0.29, 0.717) is 15.8 Å². The van der Waals surface area contributed by atoms with Crippen LogP contribution in [0.15, 0.2) is 30.5 Å². The van der Waals surface area contributed by atoms with Crippen molar-refractivity contribution in [1.82, 2.24) is 10.3 Å². The summed E-state index contributed by atoms with van der Waals surface area (Å²) in [7, 11) is 0. The summed E-state index contributed by atoms with van der Waals surface area (Å²) in [5.41, 5.74) is 0. The van der Waals surface area contributed by atoms with Crippen LogP contribution >= 0.6 is 11.3 Å². The van der Waals surface area contributed by atoms with Gasteiger partial charge in [0.1, 0.15) is 22.4 Å². The van der Waals surface area contributed by atoms with E-state index in [4.69, 9.17) is 14.6 Å². The van der Waals surface area contributed by atoms with Crippen molar-refractivity contribution in [3.63, 3.8) is 0 Å². The van der Waals surface area contributed by atoms with Gasteiger partial charge in [-0.05, 0) is 38.1 Å². The van der Waals surface area contributed by atoms with Crippen LogP contribution in [-0.2, 0) is 4.79 Å². The molecule has 2 N–H and O–H groups in total. The minimum atomic E-state index is -0.600. The summed E-state index contributed by atoms with van der Waals surface area (Å²) in [6, 6.07) is 6.69. The number of nitrogens with zero attached hydrogens (tertiary/aromatic N) is 1. The fourth-order valence-electron chi connectivity index (χ4n) is 1.85. The molecule has 7 heteroatoms. The first-order valence-electron chi connectivity index (χ1n) is 7.76. The molecule has 1 atom stereocenters. The Hall–Kier alpha value is -2.56. The fraction of sp³-hybridized carbons (Fsp3) is 0.333. The van der Waals surface area contributed by atoms with Crippen molar-refractivity contribution in [1.29, 1.82) is 0 Å². The molecule has 0 aliphatic carbocycles. The second-order valence-corrected chi connectivity index (χ2v) is 6.43. The molecule has 0 aliphatic heterocycles. The first kappa shape index (κ1) is 18.8. The Bertz CT molecular complexity index is 759. The summed E-state index contributed by atoms with van der Waals surface area (Å²) in [5, 5.41) is 12.2. The lowest BCUT2D eigenvalue weighted by Gasteiger charge is -2.09. The number of benzene rings is 1. The van der Waals surface area contributed by atoms with E-state index < -0.39 is 6.04 Å². The second-order valence-electron chi connectivity index (χ2n) is 5.44. The molecule has 0 bridgehead atoms. The molecule has 2 aromatic rings. The van der Waals surface area contributed by atoms with Gasteiger partial charge < -0.3 is 19.9 Å². The Labute approximate surface area is 150 Å². The zero-order valence-electron chi connectivity index (χ0n) is 14.3. The van der Waals surface area contributed by atoms with Crippen LogP contribution in [0.4, 0.5) is 0 Å². The van der Waals surface area contributed by atoms with Crippen molar-refractivity contribution in [3.8, 4) is 28.5 Å². The number of aliphatic hydroxyl groups is 1. The molecule has 2 rings (SSSR count). The van der Waals surface area contributed by atoms with Crippen molar-refractivity contribution in [2.45, 2.75) is 32.9 Å². The van der Waals surface area contributed by atoms with Crippen LogP contribution in [-0.4, -0.2) is 34.8 Å². The van der Waals surface area contributed by atoms with E-state index in [9.17, 15) is 4.79 Å². The lowest BCUT2D eigenvalue weighted by molar-refractivity contribution is -0.119. The lowest BCUT2D eigenvalue weighted by Crippen LogP contribution is -2.34. The topological polar surface area (TPSA) is 80.7 Å². The number of thiazole rings is 1. The summed E-state index contributed by atoms with van der Waals surface area (Å²) in [6.07, 6.45) is 1.71. The van der Waals surface area contributed by atoms with Gasteiger partial charge in [0.05, 0.1) is 18.9 Å². The Morgan fingerprint density at radius 1 is 1.32 bits per heavy atom. The summed E-state index contributed by atoms with van der Waals surface area (Å²) >= 11 is 1.28. The quantitative estimate of drug-likeness (QED) is 0.774. The number of ether oxygens (including phenoxy) is 2. The highest BCUT2D eigenvalue weighted by Crippen LogP contribution is 2.27. The van der Waals surface area contributed by atoms with Crippen LogP contribution in [0.3, 0.4) is 0 Å². The molecule has 1 aromatic carbocycles. The molecule has 0 saturated heterocycles. The third-order valence-electron chi connectivity index (χ3n) is 2.81. The van der Waals surface area contributed by atoms with Crippen LogP contribution < -0.4 is 14.8 Å². The van der Waals surface area contributed by atoms with E-state index in [2.05, 4.69) is 22.1 Å². The van der Waals surface area contributed by atoms with Crippen LogP contribution in [0.2, 0.25) is 0 Å². The Morgan fingerprint density at radius 2 is 2.00 bits per heavy atom. The zero-order valence-corrected chi connectivity index (χ0v) is 15.1. The average molecular weight is 360 g/mol. The molecule has 25 heavy (non-hydrogen) atoms. The van der Waals surface area contributed by atoms with Crippen LogP contribution in [0.25, 0.3) is 0 Å². The molecule has 6 nitrogen and oxygen atoms in total. The predicted octanol–water partition coefficient (Wildman–Crippen LogP) is 2.57. The maximum Gasteiger partial charge on any atom is 0.279 e. The molecule has 132 valence electrons. The molecule has 1 amide bonds. The first-order valence-corrected chi connectivity index (χ1v) is 8.58. The highest BCUT2D eigenvalue weighted by Gasteiger charge is 2.06. The maximum absolute atomic E-state index is 11.0. The van der Waals surface area contributed by atoms with E-state index in [1.165, 1.54) is 18.3 Å². The minimum Gasteiger partial charge on any atom is -0.491 e. The van der Waals surface area contributed by atoms with E-state index in [0.717, 1.165) is 5.75 Å². The van der Waals surface area contributed by atoms with Gasteiger partial charge in [0, 0.05) is 6.92 Å². The molecule has 0 spiro atoms. The van der Waals surface area contributed by atoms with Gasteiger partial charge in [-0.25, -0.2) is 4.98 Å². The molecular formula is C18H20N2O4S. The van der Waals surface area contributed by atoms with Gasteiger partial charge in [0.25, 0.3) is 5.19 Å². The monoisotopic (exact) mass is 360 g/mol. The van der Waals surface area contributed by atoms with Gasteiger partial charge in [-0.3, -0.25) is 4.79 Å². The number of nitrogens with one attached hydrogen (secondary N) is 1. The van der Waals surface area contributed by atoms with E-state index >= 15 is 0 Å².